The Morgan fingerprint density at radius 1 is 1.53 bits per heavy atom. The van der Waals surface area contributed by atoms with Gasteiger partial charge in [-0.2, -0.15) is 0 Å². The van der Waals surface area contributed by atoms with Gasteiger partial charge in [-0.1, -0.05) is 0 Å². The molecule has 0 atom stereocenters. The Bertz CT molecular complexity index is 473. The first kappa shape index (κ1) is 12.0. The van der Waals surface area contributed by atoms with Gasteiger partial charge in [0.15, 0.2) is 0 Å². The molecule has 1 aliphatic heterocycles. The van der Waals surface area contributed by atoms with Crippen LogP contribution in [0.15, 0.2) is 23.1 Å². The highest BCUT2D eigenvalue weighted by atomic mass is 32.2. The van der Waals surface area contributed by atoms with Gasteiger partial charge in [0.05, 0.1) is 24.1 Å². The van der Waals surface area contributed by atoms with Crippen LogP contribution in [-0.4, -0.2) is 31.3 Å². The lowest BCUT2D eigenvalue weighted by Gasteiger charge is -2.28. The van der Waals surface area contributed by atoms with Crippen LogP contribution >= 0.6 is 11.8 Å². The van der Waals surface area contributed by atoms with Gasteiger partial charge in [0.2, 0.25) is 5.91 Å². The maximum Gasteiger partial charge on any atom is 0.337 e. The first-order valence-corrected chi connectivity index (χ1v) is 6.31. The Kier molecular flexibility index (Phi) is 3.38. The van der Waals surface area contributed by atoms with Crippen molar-refractivity contribution in [1.82, 2.24) is 0 Å². The smallest absolute Gasteiger partial charge is 0.337 e. The van der Waals surface area contributed by atoms with Crippen LogP contribution in [0.1, 0.15) is 17.3 Å². The molecule has 4 nitrogen and oxygen atoms in total. The minimum atomic E-state index is -0.383. The molecule has 1 amide bonds. The number of fused-ring (bicyclic) bond motifs is 1. The number of anilines is 1. The number of hydrogen-bond donors (Lipinski definition) is 0. The molecule has 90 valence electrons. The predicted molar refractivity (Wildman–Crippen MR) is 66.5 cm³/mol. The van der Waals surface area contributed by atoms with Gasteiger partial charge in [-0.25, -0.2) is 4.79 Å². The fourth-order valence-electron chi connectivity index (χ4n) is 1.79. The number of hydrogen-bond acceptors (Lipinski definition) is 4. The maximum atomic E-state index is 11.7. The third kappa shape index (κ3) is 2.15. The molecular weight excluding hydrogens is 238 g/mol. The van der Waals surface area contributed by atoms with E-state index in [4.69, 9.17) is 0 Å². The van der Waals surface area contributed by atoms with Crippen molar-refractivity contribution in [1.29, 1.82) is 0 Å². The topological polar surface area (TPSA) is 46.6 Å². The third-order valence-electron chi connectivity index (χ3n) is 2.64. The van der Waals surface area contributed by atoms with Gasteiger partial charge in [0.1, 0.15) is 0 Å². The van der Waals surface area contributed by atoms with E-state index in [0.717, 1.165) is 10.6 Å². The van der Waals surface area contributed by atoms with E-state index in [1.807, 2.05) is 13.0 Å². The van der Waals surface area contributed by atoms with Crippen molar-refractivity contribution in [3.05, 3.63) is 23.8 Å². The first-order chi connectivity index (χ1) is 8.17. The van der Waals surface area contributed by atoms with Gasteiger partial charge < -0.3 is 9.64 Å². The number of rotatable bonds is 2. The standard InChI is InChI=1S/C12H13NO3S/c1-3-13-9-6-8(12(15)16-2)4-5-10(9)17-7-11(13)14/h4-6H,3,7H2,1-2H3. The van der Waals surface area contributed by atoms with Crippen LogP contribution in [0.4, 0.5) is 5.69 Å². The Balaban J connectivity index is 2.45. The average molecular weight is 251 g/mol. The molecule has 2 rings (SSSR count). The van der Waals surface area contributed by atoms with Crippen molar-refractivity contribution >= 4 is 29.3 Å². The molecule has 0 radical (unpaired) electrons. The number of amides is 1. The quantitative estimate of drug-likeness (QED) is 0.753. The van der Waals surface area contributed by atoms with E-state index in [-0.39, 0.29) is 11.9 Å². The molecule has 1 aliphatic rings. The molecule has 0 N–H and O–H groups in total. The van der Waals surface area contributed by atoms with Crippen LogP contribution in [0, 0.1) is 0 Å². The highest BCUT2D eigenvalue weighted by molar-refractivity contribution is 8.00. The van der Waals surface area contributed by atoms with Crippen molar-refractivity contribution < 1.29 is 14.3 Å². The van der Waals surface area contributed by atoms with Crippen molar-refractivity contribution in [3.8, 4) is 0 Å². The van der Waals surface area contributed by atoms with Gasteiger partial charge in [0, 0.05) is 11.4 Å². The summed E-state index contributed by atoms with van der Waals surface area (Å²) in [7, 11) is 1.35. The van der Waals surface area contributed by atoms with Crippen LogP contribution < -0.4 is 4.90 Å². The Morgan fingerprint density at radius 3 is 2.94 bits per heavy atom. The number of ether oxygens (including phenoxy) is 1. The molecule has 0 bridgehead atoms. The SMILES string of the molecule is CCN1C(=O)CSc2ccc(C(=O)OC)cc21. The van der Waals surface area contributed by atoms with E-state index >= 15 is 0 Å². The lowest BCUT2D eigenvalue weighted by molar-refractivity contribution is -0.116. The van der Waals surface area contributed by atoms with E-state index in [2.05, 4.69) is 4.74 Å². The summed E-state index contributed by atoms with van der Waals surface area (Å²) in [5, 5.41) is 0. The highest BCUT2D eigenvalue weighted by Gasteiger charge is 2.24. The summed E-state index contributed by atoms with van der Waals surface area (Å²) in [6.07, 6.45) is 0. The molecule has 0 spiro atoms. The van der Waals surface area contributed by atoms with Gasteiger partial charge in [0.25, 0.3) is 0 Å². The number of carbonyl (C=O) groups excluding carboxylic acids is 2. The minimum Gasteiger partial charge on any atom is -0.465 e. The second-order valence-electron chi connectivity index (χ2n) is 3.60. The Labute approximate surface area is 104 Å². The van der Waals surface area contributed by atoms with Gasteiger partial charge in [-0.3, -0.25) is 4.79 Å². The van der Waals surface area contributed by atoms with E-state index in [0.29, 0.717) is 17.9 Å². The largest absolute Gasteiger partial charge is 0.465 e. The van der Waals surface area contributed by atoms with Gasteiger partial charge in [-0.05, 0) is 25.1 Å². The van der Waals surface area contributed by atoms with Crippen LogP contribution in [0.25, 0.3) is 0 Å². The van der Waals surface area contributed by atoms with E-state index in [1.54, 1.807) is 17.0 Å². The molecule has 0 unspecified atom stereocenters. The molecule has 5 heteroatoms. The molecule has 0 saturated heterocycles. The van der Waals surface area contributed by atoms with Crippen molar-refractivity contribution in [2.24, 2.45) is 0 Å². The zero-order chi connectivity index (χ0) is 12.4. The Hall–Kier alpha value is -1.49. The third-order valence-corrected chi connectivity index (χ3v) is 3.69. The lowest BCUT2D eigenvalue weighted by Crippen LogP contribution is -2.35. The van der Waals surface area contributed by atoms with Crippen LogP contribution in [-0.2, 0) is 9.53 Å². The first-order valence-electron chi connectivity index (χ1n) is 5.33. The minimum absolute atomic E-state index is 0.0759. The van der Waals surface area contributed by atoms with Gasteiger partial charge >= 0.3 is 5.97 Å². The number of carbonyl (C=O) groups is 2. The monoisotopic (exact) mass is 251 g/mol. The van der Waals surface area contributed by atoms with Crippen LogP contribution in [0.3, 0.4) is 0 Å². The summed E-state index contributed by atoms with van der Waals surface area (Å²) in [6.45, 7) is 2.53. The average Bonchev–Trinajstić information content (AvgIpc) is 2.37. The second-order valence-corrected chi connectivity index (χ2v) is 4.62. The molecule has 17 heavy (non-hydrogen) atoms. The highest BCUT2D eigenvalue weighted by Crippen LogP contribution is 2.35. The van der Waals surface area contributed by atoms with E-state index < -0.39 is 0 Å². The van der Waals surface area contributed by atoms with Crippen molar-refractivity contribution in [2.75, 3.05) is 24.3 Å². The summed E-state index contributed by atoms with van der Waals surface area (Å²) < 4.78 is 4.67. The Morgan fingerprint density at radius 2 is 2.29 bits per heavy atom. The molecule has 1 aromatic rings. The van der Waals surface area contributed by atoms with Crippen molar-refractivity contribution in [2.45, 2.75) is 11.8 Å². The number of esters is 1. The summed E-state index contributed by atoms with van der Waals surface area (Å²) in [5.74, 6) is 0.150. The fourth-order valence-corrected chi connectivity index (χ4v) is 2.71. The maximum absolute atomic E-state index is 11.7. The zero-order valence-electron chi connectivity index (χ0n) is 9.73. The van der Waals surface area contributed by atoms with Crippen molar-refractivity contribution in [3.63, 3.8) is 0 Å². The number of nitrogens with zero attached hydrogens (tertiary/aromatic N) is 1. The molecule has 0 aliphatic carbocycles. The number of thioether (sulfide) groups is 1. The predicted octanol–water partition coefficient (Wildman–Crippen LogP) is 1.93. The molecule has 0 fully saturated rings. The normalized spacial score (nSPS) is 14.5. The summed E-state index contributed by atoms with van der Waals surface area (Å²) in [4.78, 5) is 25.9. The van der Waals surface area contributed by atoms with E-state index in [9.17, 15) is 9.59 Å². The molecular formula is C12H13NO3S. The molecule has 0 saturated carbocycles. The summed E-state index contributed by atoms with van der Waals surface area (Å²) in [6, 6.07) is 5.30. The van der Waals surface area contributed by atoms with Crippen LogP contribution in [0.5, 0.6) is 0 Å². The zero-order valence-corrected chi connectivity index (χ0v) is 10.5. The fraction of sp³-hybridized carbons (Fsp3) is 0.333. The number of benzene rings is 1. The summed E-state index contributed by atoms with van der Waals surface area (Å²) in [5.41, 5.74) is 1.27. The molecule has 1 aromatic carbocycles. The molecule has 0 aromatic heterocycles. The molecule has 1 heterocycles. The second kappa shape index (κ2) is 4.79. The van der Waals surface area contributed by atoms with E-state index in [1.165, 1.54) is 18.9 Å². The lowest BCUT2D eigenvalue weighted by atomic mass is 10.2. The van der Waals surface area contributed by atoms with Crippen LogP contribution in [0.2, 0.25) is 0 Å². The summed E-state index contributed by atoms with van der Waals surface area (Å²) >= 11 is 1.50. The van der Waals surface area contributed by atoms with Gasteiger partial charge in [-0.15, -0.1) is 11.8 Å². The number of methoxy groups -OCH3 is 1.